The summed E-state index contributed by atoms with van der Waals surface area (Å²) >= 11 is 0. The van der Waals surface area contributed by atoms with Crippen LogP contribution < -0.4 is 16.2 Å². The van der Waals surface area contributed by atoms with Crippen LogP contribution in [0.2, 0.25) is 0 Å². The Hall–Kier alpha value is -3.75. The Morgan fingerprint density at radius 3 is 2.35 bits per heavy atom. The zero-order valence-electron chi connectivity index (χ0n) is 16.1. The first-order valence-corrected chi connectivity index (χ1v) is 9.41. The fraction of sp³-hybridized carbons (Fsp3) is 0.136. The number of carbonyl (C=O) groups is 2. The van der Waals surface area contributed by atoms with Crippen molar-refractivity contribution in [3.8, 4) is 11.1 Å². The highest BCUT2D eigenvalue weighted by molar-refractivity contribution is 6.32. The number of amides is 1. The second-order valence-corrected chi connectivity index (χ2v) is 7.24. The van der Waals surface area contributed by atoms with Gasteiger partial charge in [0.2, 0.25) is 5.43 Å². The van der Waals surface area contributed by atoms with Crippen molar-refractivity contribution in [1.82, 2.24) is 4.57 Å². The Balaban J connectivity index is 1.87. The monoisotopic (exact) mass is 420 g/mol. The van der Waals surface area contributed by atoms with E-state index in [2.05, 4.69) is 5.32 Å². The van der Waals surface area contributed by atoms with Gasteiger partial charge in [-0.25, -0.2) is 13.6 Å². The van der Waals surface area contributed by atoms with Crippen LogP contribution in [0.3, 0.4) is 0 Å². The summed E-state index contributed by atoms with van der Waals surface area (Å²) in [6.07, 6.45) is 2.59. The first-order valence-electron chi connectivity index (χ1n) is 9.41. The van der Waals surface area contributed by atoms with E-state index in [0.717, 1.165) is 18.2 Å². The summed E-state index contributed by atoms with van der Waals surface area (Å²) in [5, 5.41) is 12.2. The smallest absolute Gasteiger partial charge is 0.353 e. The quantitative estimate of drug-likeness (QED) is 0.622. The highest BCUT2D eigenvalue weighted by Crippen LogP contribution is 2.37. The molecule has 1 aromatic heterocycles. The van der Waals surface area contributed by atoms with Crippen LogP contribution in [0.1, 0.15) is 39.7 Å². The third-order valence-electron chi connectivity index (χ3n) is 5.01. The van der Waals surface area contributed by atoms with Crippen molar-refractivity contribution in [3.05, 3.63) is 81.8 Å². The normalized spacial score (nSPS) is 13.1. The summed E-state index contributed by atoms with van der Waals surface area (Å²) < 4.78 is 28.5. The molecule has 1 aliphatic rings. The van der Waals surface area contributed by atoms with Gasteiger partial charge in [-0.3, -0.25) is 9.59 Å². The first kappa shape index (κ1) is 20.5. The predicted molar refractivity (Wildman–Crippen MR) is 111 cm³/mol. The van der Waals surface area contributed by atoms with E-state index in [1.165, 1.54) is 35.0 Å². The molecule has 0 unspecified atom stereocenters. The molecule has 0 aliphatic heterocycles. The molecule has 0 bridgehead atoms. The van der Waals surface area contributed by atoms with Crippen molar-refractivity contribution < 1.29 is 23.5 Å². The van der Waals surface area contributed by atoms with Crippen molar-refractivity contribution >= 4 is 30.9 Å². The topological polar surface area (TPSA) is 88.4 Å². The largest absolute Gasteiger partial charge is 0.477 e. The Kier molecular flexibility index (Phi) is 5.18. The maximum Gasteiger partial charge on any atom is 0.353 e. The van der Waals surface area contributed by atoms with E-state index in [4.69, 9.17) is 7.85 Å². The molecule has 2 N–H and O–H groups in total. The van der Waals surface area contributed by atoms with E-state index in [0.29, 0.717) is 12.8 Å². The molecule has 3 aromatic rings. The van der Waals surface area contributed by atoms with Crippen molar-refractivity contribution in [2.45, 2.75) is 18.9 Å². The Morgan fingerprint density at radius 2 is 1.77 bits per heavy atom. The van der Waals surface area contributed by atoms with E-state index < -0.39 is 28.9 Å². The molecule has 0 spiro atoms. The highest BCUT2D eigenvalue weighted by atomic mass is 19.1. The van der Waals surface area contributed by atoms with Gasteiger partial charge in [0.15, 0.2) is 0 Å². The van der Waals surface area contributed by atoms with Crippen LogP contribution in [0.25, 0.3) is 11.1 Å². The molecule has 0 atom stereocenters. The number of aromatic carboxylic acids is 1. The molecule has 154 valence electrons. The molecular weight excluding hydrogens is 405 g/mol. The summed E-state index contributed by atoms with van der Waals surface area (Å²) in [4.78, 5) is 38.1. The average molecular weight is 420 g/mol. The molecule has 9 heteroatoms. The number of aromatic nitrogens is 1. The number of hydrogen-bond acceptors (Lipinski definition) is 3. The Bertz CT molecular complexity index is 1270. The van der Waals surface area contributed by atoms with E-state index in [1.807, 2.05) is 0 Å². The number of hydrogen-bond donors (Lipinski definition) is 2. The number of carboxylic acid groups (broad SMARTS) is 1. The summed E-state index contributed by atoms with van der Waals surface area (Å²) in [6, 6.07) is 8.26. The summed E-state index contributed by atoms with van der Waals surface area (Å²) in [5.41, 5.74) is -1.46. The zero-order chi connectivity index (χ0) is 22.3. The van der Waals surface area contributed by atoms with Gasteiger partial charge in [-0.2, -0.15) is 0 Å². The van der Waals surface area contributed by atoms with Crippen molar-refractivity contribution in [2.24, 2.45) is 0 Å². The molecule has 0 saturated heterocycles. The number of pyridine rings is 1. The summed E-state index contributed by atoms with van der Waals surface area (Å²) in [5.74, 6) is -3.46. The van der Waals surface area contributed by atoms with Crippen LogP contribution in [0.4, 0.5) is 14.5 Å². The number of benzene rings is 2. The molecule has 2 aromatic carbocycles. The fourth-order valence-electron chi connectivity index (χ4n) is 3.34. The predicted octanol–water partition coefficient (Wildman–Crippen LogP) is 2.87. The van der Waals surface area contributed by atoms with Gasteiger partial charge in [-0.05, 0) is 42.7 Å². The number of carboxylic acids is 1. The van der Waals surface area contributed by atoms with Crippen molar-refractivity contribution in [2.75, 3.05) is 5.32 Å². The Labute approximate surface area is 176 Å². The number of halogens is 2. The number of nitrogens with zero attached hydrogens (tertiary/aromatic N) is 1. The number of anilines is 1. The maximum atomic E-state index is 13.7. The van der Waals surface area contributed by atoms with Crippen molar-refractivity contribution in [3.63, 3.8) is 0 Å². The molecular formula is C22H15BF2N2O4. The van der Waals surface area contributed by atoms with Gasteiger partial charge in [-0.15, -0.1) is 0 Å². The Morgan fingerprint density at radius 1 is 1.10 bits per heavy atom. The van der Waals surface area contributed by atoms with E-state index in [9.17, 15) is 28.3 Å². The molecule has 1 fully saturated rings. The fourth-order valence-corrected chi connectivity index (χ4v) is 3.34. The summed E-state index contributed by atoms with van der Waals surface area (Å²) in [7, 11) is 5.43. The minimum atomic E-state index is -1.34. The molecule has 31 heavy (non-hydrogen) atoms. The van der Waals surface area contributed by atoms with Gasteiger partial charge >= 0.3 is 5.97 Å². The zero-order valence-corrected chi connectivity index (χ0v) is 16.1. The van der Waals surface area contributed by atoms with E-state index in [1.54, 1.807) is 0 Å². The molecule has 1 saturated carbocycles. The van der Waals surface area contributed by atoms with Crippen LogP contribution in [-0.4, -0.2) is 29.4 Å². The SMILES string of the molecule is [B]c1ccc(NC(=O)c2cn(C3CC3)c(C(=O)O)c(-c3ccc(F)cc3)c2=O)cc1F. The maximum absolute atomic E-state index is 13.7. The third-order valence-corrected chi connectivity index (χ3v) is 5.01. The van der Waals surface area contributed by atoms with Crippen molar-refractivity contribution in [1.29, 1.82) is 0 Å². The van der Waals surface area contributed by atoms with Gasteiger partial charge in [0.1, 0.15) is 30.7 Å². The van der Waals surface area contributed by atoms with Crippen LogP contribution in [0.15, 0.2) is 53.5 Å². The molecule has 1 heterocycles. The van der Waals surface area contributed by atoms with Crippen LogP contribution in [0.5, 0.6) is 0 Å². The van der Waals surface area contributed by atoms with Gasteiger partial charge < -0.3 is 15.0 Å². The van der Waals surface area contributed by atoms with Crippen LogP contribution in [0, 0.1) is 11.6 Å². The number of carbonyl (C=O) groups excluding carboxylic acids is 1. The van der Waals surface area contributed by atoms with Crippen LogP contribution >= 0.6 is 0 Å². The minimum Gasteiger partial charge on any atom is -0.477 e. The van der Waals surface area contributed by atoms with Gasteiger partial charge in [0, 0.05) is 17.9 Å². The lowest BCUT2D eigenvalue weighted by atomic mass is 9.95. The average Bonchev–Trinajstić information content (AvgIpc) is 3.56. The van der Waals surface area contributed by atoms with Gasteiger partial charge in [-0.1, -0.05) is 23.7 Å². The molecule has 4 rings (SSSR count). The first-order chi connectivity index (χ1) is 14.8. The molecule has 1 aliphatic carbocycles. The molecule has 6 nitrogen and oxygen atoms in total. The number of rotatable bonds is 5. The standard InChI is InChI=1S/C22H15BF2N2O4/c23-16-8-5-13(9-17(16)25)26-21(29)15-10-27(14-6-7-14)19(22(30)31)18(20(15)28)11-1-3-12(24)4-2-11/h1-5,8-10,14H,6-7H2,(H,26,29)(H,30,31). The molecule has 1 amide bonds. The number of nitrogens with one attached hydrogen (secondary N) is 1. The third kappa shape index (κ3) is 3.99. The lowest BCUT2D eigenvalue weighted by molar-refractivity contribution is 0.0684. The second-order valence-electron chi connectivity index (χ2n) is 7.24. The molecule has 2 radical (unpaired) electrons. The van der Waals surface area contributed by atoms with Gasteiger partial charge in [0.05, 0.1) is 5.56 Å². The lowest BCUT2D eigenvalue weighted by Gasteiger charge is -2.17. The van der Waals surface area contributed by atoms with E-state index >= 15 is 0 Å². The minimum absolute atomic E-state index is 0.0831. The van der Waals surface area contributed by atoms with E-state index in [-0.39, 0.29) is 39.6 Å². The summed E-state index contributed by atoms with van der Waals surface area (Å²) in [6.45, 7) is 0. The highest BCUT2D eigenvalue weighted by Gasteiger charge is 2.32. The lowest BCUT2D eigenvalue weighted by Crippen LogP contribution is -2.28. The second kappa shape index (κ2) is 7.83. The van der Waals surface area contributed by atoms with Gasteiger partial charge in [0.25, 0.3) is 5.91 Å². The van der Waals surface area contributed by atoms with Crippen LogP contribution in [-0.2, 0) is 0 Å².